The normalized spacial score (nSPS) is 20.3. The van der Waals surface area contributed by atoms with Gasteiger partial charge < -0.3 is 19.3 Å². The first-order chi connectivity index (χ1) is 11.2. The first-order valence-corrected chi connectivity index (χ1v) is 7.65. The number of hydrogen-bond acceptors (Lipinski definition) is 6. The van der Waals surface area contributed by atoms with E-state index in [1.807, 2.05) is 0 Å². The Morgan fingerprint density at radius 1 is 1.12 bits per heavy atom. The second kappa shape index (κ2) is 8.47. The van der Waals surface area contributed by atoms with E-state index in [0.717, 1.165) is 12.2 Å². The molecule has 24 heavy (non-hydrogen) atoms. The molecule has 0 unspecified atom stereocenters. The number of esters is 2. The third-order valence-electron chi connectivity index (χ3n) is 3.61. The molecule has 0 aliphatic carbocycles. The summed E-state index contributed by atoms with van der Waals surface area (Å²) in [7, 11) is 4.42. The second-order valence-electron chi connectivity index (χ2n) is 6.04. The van der Waals surface area contributed by atoms with Crippen LogP contribution in [0, 0.1) is 5.92 Å². The molecule has 0 aromatic carbocycles. The summed E-state index contributed by atoms with van der Waals surface area (Å²) in [6.45, 7) is 3.65. The lowest BCUT2D eigenvalue weighted by Crippen LogP contribution is -2.46. The van der Waals surface area contributed by atoms with Crippen LogP contribution in [0.15, 0.2) is 12.2 Å². The van der Waals surface area contributed by atoms with Gasteiger partial charge in [-0.2, -0.15) is 0 Å². The molecule has 8 heteroatoms. The fraction of sp³-hybridized carbons (Fsp3) is 0.625. The molecule has 2 atom stereocenters. The lowest BCUT2D eigenvalue weighted by molar-refractivity contribution is -0.145. The molecule has 8 nitrogen and oxygen atoms in total. The molecule has 0 radical (unpaired) electrons. The van der Waals surface area contributed by atoms with E-state index < -0.39 is 24.1 Å². The summed E-state index contributed by atoms with van der Waals surface area (Å²) >= 11 is 0. The average Bonchev–Trinajstić information content (AvgIpc) is 2.94. The fourth-order valence-electron chi connectivity index (χ4n) is 2.40. The van der Waals surface area contributed by atoms with Gasteiger partial charge in [-0.15, -0.1) is 0 Å². The van der Waals surface area contributed by atoms with E-state index in [2.05, 4.69) is 4.74 Å². The third kappa shape index (κ3) is 5.07. The lowest BCUT2D eigenvalue weighted by Gasteiger charge is -2.27. The molecule has 1 fully saturated rings. The van der Waals surface area contributed by atoms with Gasteiger partial charge in [0.25, 0.3) is 0 Å². The Kier molecular flexibility index (Phi) is 6.94. The number of ether oxygens (including phenoxy) is 2. The molecular formula is C16H24N2O6. The molecule has 0 saturated carbocycles. The topological polar surface area (TPSA) is 93.2 Å². The van der Waals surface area contributed by atoms with Gasteiger partial charge in [0.05, 0.1) is 13.7 Å². The maximum atomic E-state index is 12.3. The van der Waals surface area contributed by atoms with Crippen LogP contribution in [0.2, 0.25) is 0 Å². The average molecular weight is 340 g/mol. The van der Waals surface area contributed by atoms with Gasteiger partial charge in [0.2, 0.25) is 11.8 Å². The van der Waals surface area contributed by atoms with Crippen molar-refractivity contribution in [3.63, 3.8) is 0 Å². The molecule has 2 amide bonds. The van der Waals surface area contributed by atoms with Gasteiger partial charge in [-0.3, -0.25) is 9.59 Å². The summed E-state index contributed by atoms with van der Waals surface area (Å²) in [5.41, 5.74) is 0. The molecule has 0 bridgehead atoms. The van der Waals surface area contributed by atoms with Crippen molar-refractivity contribution < 1.29 is 28.7 Å². The summed E-state index contributed by atoms with van der Waals surface area (Å²) in [5.74, 6) is -2.04. The minimum absolute atomic E-state index is 0.152. The first-order valence-electron chi connectivity index (χ1n) is 7.65. The Bertz CT molecular complexity index is 513. The Labute approximate surface area is 141 Å². The monoisotopic (exact) mass is 340 g/mol. The minimum atomic E-state index is -0.722. The Balaban J connectivity index is 2.80. The summed E-state index contributed by atoms with van der Waals surface area (Å²) < 4.78 is 9.61. The molecule has 1 heterocycles. The highest BCUT2D eigenvalue weighted by Crippen LogP contribution is 2.24. The smallest absolute Gasteiger partial charge is 0.331 e. The predicted molar refractivity (Wildman–Crippen MR) is 84.7 cm³/mol. The number of nitrogens with zero attached hydrogens (tertiary/aromatic N) is 2. The molecule has 1 rings (SSSR count). The van der Waals surface area contributed by atoms with E-state index in [1.54, 1.807) is 27.9 Å². The van der Waals surface area contributed by atoms with Crippen molar-refractivity contribution in [3.05, 3.63) is 12.2 Å². The van der Waals surface area contributed by atoms with Crippen LogP contribution in [0.1, 0.15) is 20.3 Å². The van der Waals surface area contributed by atoms with Crippen LogP contribution >= 0.6 is 0 Å². The Hall–Kier alpha value is -2.38. The van der Waals surface area contributed by atoms with Crippen molar-refractivity contribution >= 4 is 23.8 Å². The lowest BCUT2D eigenvalue weighted by atomic mass is 10.1. The van der Waals surface area contributed by atoms with Crippen LogP contribution in [0.3, 0.4) is 0 Å². The highest BCUT2D eigenvalue weighted by molar-refractivity contribution is 5.92. The quantitative estimate of drug-likeness (QED) is 0.515. The number of rotatable bonds is 5. The maximum absolute atomic E-state index is 12.3. The molecule has 134 valence electrons. The minimum Gasteiger partial charge on any atom is -0.466 e. The third-order valence-corrected chi connectivity index (χ3v) is 3.61. The summed E-state index contributed by atoms with van der Waals surface area (Å²) in [5, 5.41) is 0. The zero-order chi connectivity index (χ0) is 18.4. The van der Waals surface area contributed by atoms with Gasteiger partial charge in [-0.25, -0.2) is 9.59 Å². The Morgan fingerprint density at radius 3 is 2.21 bits per heavy atom. The van der Waals surface area contributed by atoms with E-state index in [-0.39, 0.29) is 30.7 Å². The molecule has 0 spiro atoms. The highest BCUT2D eigenvalue weighted by atomic mass is 16.5. The van der Waals surface area contributed by atoms with Crippen molar-refractivity contribution in [1.29, 1.82) is 0 Å². The number of carbonyl (C=O) groups excluding carboxylic acids is 4. The van der Waals surface area contributed by atoms with Gasteiger partial charge in [-0.05, 0) is 0 Å². The molecule has 1 aliphatic heterocycles. The SMILES string of the molecule is COC(=O)/C=C/C(=O)O[C@@H]1C[C@@H](C(=O)N(C)C)N(C(=O)C(C)C)C1. The van der Waals surface area contributed by atoms with Crippen LogP contribution in [-0.4, -0.2) is 73.4 Å². The number of carbonyl (C=O) groups is 4. The molecule has 1 aliphatic rings. The number of amides is 2. The van der Waals surface area contributed by atoms with E-state index >= 15 is 0 Å². The number of likely N-dealkylation sites (N-methyl/N-ethyl adjacent to an activating group) is 1. The van der Waals surface area contributed by atoms with Crippen LogP contribution in [0.4, 0.5) is 0 Å². The fourth-order valence-corrected chi connectivity index (χ4v) is 2.40. The molecule has 0 aromatic rings. The zero-order valence-electron chi connectivity index (χ0n) is 14.6. The molecule has 0 N–H and O–H groups in total. The van der Waals surface area contributed by atoms with Crippen molar-refractivity contribution in [1.82, 2.24) is 9.80 Å². The van der Waals surface area contributed by atoms with Crippen molar-refractivity contribution in [2.24, 2.45) is 5.92 Å². The van der Waals surface area contributed by atoms with Gasteiger partial charge in [-0.1, -0.05) is 13.8 Å². The number of hydrogen-bond donors (Lipinski definition) is 0. The zero-order valence-corrected chi connectivity index (χ0v) is 14.6. The largest absolute Gasteiger partial charge is 0.466 e. The highest BCUT2D eigenvalue weighted by Gasteiger charge is 2.42. The van der Waals surface area contributed by atoms with E-state index in [0.29, 0.717) is 0 Å². The maximum Gasteiger partial charge on any atom is 0.331 e. The number of likely N-dealkylation sites (tertiary alicyclic amines) is 1. The van der Waals surface area contributed by atoms with Gasteiger partial charge in [0.15, 0.2) is 0 Å². The van der Waals surface area contributed by atoms with Crippen LogP contribution < -0.4 is 0 Å². The van der Waals surface area contributed by atoms with Crippen LogP contribution in [-0.2, 0) is 28.7 Å². The van der Waals surface area contributed by atoms with Crippen LogP contribution in [0.5, 0.6) is 0 Å². The van der Waals surface area contributed by atoms with E-state index in [4.69, 9.17) is 4.74 Å². The van der Waals surface area contributed by atoms with Crippen LogP contribution in [0.25, 0.3) is 0 Å². The van der Waals surface area contributed by atoms with Crippen molar-refractivity contribution in [2.45, 2.75) is 32.4 Å². The van der Waals surface area contributed by atoms with Crippen molar-refractivity contribution in [3.8, 4) is 0 Å². The Morgan fingerprint density at radius 2 is 1.71 bits per heavy atom. The van der Waals surface area contributed by atoms with Gasteiger partial charge in [0.1, 0.15) is 12.1 Å². The van der Waals surface area contributed by atoms with Gasteiger partial charge >= 0.3 is 11.9 Å². The first kappa shape index (κ1) is 19.7. The molecule has 1 saturated heterocycles. The van der Waals surface area contributed by atoms with E-state index in [9.17, 15) is 19.2 Å². The second-order valence-corrected chi connectivity index (χ2v) is 6.04. The predicted octanol–water partition coefficient (Wildman–Crippen LogP) is -0.0275. The summed E-state index contributed by atoms with van der Waals surface area (Å²) in [6.07, 6.45) is 1.54. The molecular weight excluding hydrogens is 316 g/mol. The van der Waals surface area contributed by atoms with E-state index in [1.165, 1.54) is 16.9 Å². The summed E-state index contributed by atoms with van der Waals surface area (Å²) in [6, 6.07) is -0.655. The number of methoxy groups -OCH3 is 1. The standard InChI is InChI=1S/C16H24N2O6/c1-10(2)15(21)18-9-11(8-12(18)16(22)17(3)4)24-14(20)7-6-13(19)23-5/h6-7,10-12H,8-9H2,1-5H3/b7-6+/t11-,12+/m1/s1. The summed E-state index contributed by atoms with van der Waals surface area (Å²) in [4.78, 5) is 50.1. The van der Waals surface area contributed by atoms with Crippen molar-refractivity contribution in [2.75, 3.05) is 27.7 Å². The molecule has 0 aromatic heterocycles. The van der Waals surface area contributed by atoms with Gasteiger partial charge in [0, 0.05) is 38.6 Å².